The van der Waals surface area contributed by atoms with Gasteiger partial charge >= 0.3 is 0 Å². The molecular weight excluding hydrogens is 262 g/mol. The summed E-state index contributed by atoms with van der Waals surface area (Å²) < 4.78 is 7.16. The average molecular weight is 281 g/mol. The highest BCUT2D eigenvalue weighted by Gasteiger charge is 2.19. The van der Waals surface area contributed by atoms with Crippen LogP contribution >= 0.6 is 0 Å². The van der Waals surface area contributed by atoms with E-state index in [4.69, 9.17) is 10.2 Å². The van der Waals surface area contributed by atoms with Gasteiger partial charge in [0.25, 0.3) is 0 Å². The van der Waals surface area contributed by atoms with Gasteiger partial charge in [0.1, 0.15) is 11.5 Å². The second-order valence-corrected chi connectivity index (χ2v) is 5.49. The summed E-state index contributed by atoms with van der Waals surface area (Å²) >= 11 is 0. The topological polar surface area (TPSA) is 57.0 Å². The Hall–Kier alpha value is -2.49. The number of nitrogens with two attached hydrogens (primary N) is 1. The van der Waals surface area contributed by atoms with Crippen LogP contribution in [0.4, 0.5) is 5.82 Å². The Morgan fingerprint density at radius 2 is 1.86 bits per heavy atom. The highest BCUT2D eigenvalue weighted by molar-refractivity contribution is 5.86. The molecule has 0 atom stereocenters. The van der Waals surface area contributed by atoms with Gasteiger partial charge < -0.3 is 10.2 Å². The largest absolute Gasteiger partial charge is 0.463 e. The number of nitrogens with zero attached hydrogens (tertiary/aromatic N) is 2. The maximum Gasteiger partial charge on any atom is 0.154 e. The number of furan rings is 1. The number of hydrogen-bond donors (Lipinski definition) is 1. The van der Waals surface area contributed by atoms with Crippen LogP contribution in [0.2, 0.25) is 0 Å². The van der Waals surface area contributed by atoms with Crippen molar-refractivity contribution in [2.45, 2.75) is 19.8 Å². The van der Waals surface area contributed by atoms with Crippen molar-refractivity contribution in [1.29, 1.82) is 0 Å². The first-order valence-corrected chi connectivity index (χ1v) is 7.04. The SMILES string of the molecule is CC(C)c1ccc(-c2c(-c3ccco3)nn(C)c2N)cc1. The van der Waals surface area contributed by atoms with E-state index in [0.29, 0.717) is 11.7 Å². The third-order valence-electron chi connectivity index (χ3n) is 3.71. The number of aryl methyl sites for hydroxylation is 1. The molecule has 0 bridgehead atoms. The number of nitrogen functional groups attached to an aromatic ring is 1. The fraction of sp³-hybridized carbons (Fsp3) is 0.235. The van der Waals surface area contributed by atoms with Crippen molar-refractivity contribution in [2.75, 3.05) is 5.73 Å². The fourth-order valence-electron chi connectivity index (χ4n) is 2.44. The molecule has 0 fully saturated rings. The smallest absolute Gasteiger partial charge is 0.154 e. The van der Waals surface area contributed by atoms with Gasteiger partial charge in [0.05, 0.1) is 11.8 Å². The molecule has 108 valence electrons. The van der Waals surface area contributed by atoms with Crippen molar-refractivity contribution in [2.24, 2.45) is 7.05 Å². The van der Waals surface area contributed by atoms with Crippen LogP contribution in [-0.4, -0.2) is 9.78 Å². The van der Waals surface area contributed by atoms with Gasteiger partial charge in [-0.25, -0.2) is 0 Å². The molecule has 0 aliphatic heterocycles. The van der Waals surface area contributed by atoms with E-state index in [1.54, 1.807) is 10.9 Å². The molecule has 3 aromatic rings. The second kappa shape index (κ2) is 5.13. The van der Waals surface area contributed by atoms with Crippen LogP contribution in [-0.2, 0) is 7.05 Å². The Bertz CT molecular complexity index is 737. The summed E-state index contributed by atoms with van der Waals surface area (Å²) in [5.74, 6) is 1.87. The second-order valence-electron chi connectivity index (χ2n) is 5.49. The molecule has 2 heterocycles. The van der Waals surface area contributed by atoms with E-state index in [2.05, 4.69) is 43.2 Å². The van der Waals surface area contributed by atoms with Gasteiger partial charge in [-0.3, -0.25) is 4.68 Å². The Morgan fingerprint density at radius 3 is 2.43 bits per heavy atom. The van der Waals surface area contributed by atoms with Crippen LogP contribution in [0.5, 0.6) is 0 Å². The third kappa shape index (κ3) is 2.33. The van der Waals surface area contributed by atoms with Crippen molar-refractivity contribution in [1.82, 2.24) is 9.78 Å². The molecule has 21 heavy (non-hydrogen) atoms. The lowest BCUT2D eigenvalue weighted by molar-refractivity contribution is 0.578. The van der Waals surface area contributed by atoms with E-state index in [1.807, 2.05) is 19.2 Å². The summed E-state index contributed by atoms with van der Waals surface area (Å²) in [5.41, 5.74) is 10.3. The number of benzene rings is 1. The Labute approximate surface area is 124 Å². The Morgan fingerprint density at radius 1 is 1.14 bits per heavy atom. The summed E-state index contributed by atoms with van der Waals surface area (Å²) in [4.78, 5) is 0. The van der Waals surface area contributed by atoms with Crippen LogP contribution in [0.3, 0.4) is 0 Å². The molecule has 0 aliphatic carbocycles. The maximum atomic E-state index is 6.20. The van der Waals surface area contributed by atoms with Crippen molar-refractivity contribution < 1.29 is 4.42 Å². The van der Waals surface area contributed by atoms with E-state index in [0.717, 1.165) is 22.6 Å². The quantitative estimate of drug-likeness (QED) is 0.787. The summed E-state index contributed by atoms with van der Waals surface area (Å²) in [5, 5.41) is 4.48. The lowest BCUT2D eigenvalue weighted by Gasteiger charge is -2.07. The van der Waals surface area contributed by atoms with Gasteiger partial charge in [-0.1, -0.05) is 38.1 Å². The van der Waals surface area contributed by atoms with Crippen LogP contribution in [0.15, 0.2) is 47.1 Å². The van der Waals surface area contributed by atoms with Gasteiger partial charge in [0.15, 0.2) is 5.76 Å². The lowest BCUT2D eigenvalue weighted by atomic mass is 9.98. The molecule has 2 N–H and O–H groups in total. The molecule has 0 spiro atoms. The summed E-state index contributed by atoms with van der Waals surface area (Å²) in [6.07, 6.45) is 1.64. The van der Waals surface area contributed by atoms with Gasteiger partial charge in [0.2, 0.25) is 0 Å². The number of hydrogen-bond acceptors (Lipinski definition) is 3. The molecule has 1 aromatic carbocycles. The van der Waals surface area contributed by atoms with Crippen LogP contribution in [0.25, 0.3) is 22.6 Å². The number of anilines is 1. The highest BCUT2D eigenvalue weighted by atomic mass is 16.3. The minimum absolute atomic E-state index is 0.509. The zero-order valence-corrected chi connectivity index (χ0v) is 12.5. The average Bonchev–Trinajstić information content (AvgIpc) is 3.09. The molecular formula is C17H19N3O. The van der Waals surface area contributed by atoms with Crippen molar-refractivity contribution in [3.05, 3.63) is 48.2 Å². The summed E-state index contributed by atoms with van der Waals surface area (Å²) in [6.45, 7) is 4.36. The summed E-state index contributed by atoms with van der Waals surface area (Å²) in [7, 11) is 1.84. The van der Waals surface area contributed by atoms with E-state index in [1.165, 1.54) is 5.56 Å². The zero-order chi connectivity index (χ0) is 15.0. The van der Waals surface area contributed by atoms with Gasteiger partial charge in [-0.2, -0.15) is 5.10 Å². The standard InChI is InChI=1S/C17H19N3O/c1-11(2)12-6-8-13(9-7-12)15-16(14-5-4-10-21-14)19-20(3)17(15)18/h4-11H,18H2,1-3H3. The van der Waals surface area contributed by atoms with Gasteiger partial charge in [-0.15, -0.1) is 0 Å². The molecule has 4 nitrogen and oxygen atoms in total. The van der Waals surface area contributed by atoms with Gasteiger partial charge in [0, 0.05) is 7.05 Å². The molecule has 0 amide bonds. The minimum Gasteiger partial charge on any atom is -0.463 e. The summed E-state index contributed by atoms with van der Waals surface area (Å²) in [6, 6.07) is 12.2. The molecule has 3 rings (SSSR count). The predicted molar refractivity (Wildman–Crippen MR) is 84.8 cm³/mol. The first-order valence-electron chi connectivity index (χ1n) is 7.04. The Kier molecular flexibility index (Phi) is 3.29. The normalized spacial score (nSPS) is 11.2. The zero-order valence-electron chi connectivity index (χ0n) is 12.5. The molecule has 4 heteroatoms. The van der Waals surface area contributed by atoms with Crippen molar-refractivity contribution >= 4 is 5.82 Å². The van der Waals surface area contributed by atoms with Crippen LogP contribution in [0.1, 0.15) is 25.3 Å². The molecule has 0 saturated carbocycles. The van der Waals surface area contributed by atoms with Crippen LogP contribution < -0.4 is 5.73 Å². The molecule has 2 aromatic heterocycles. The predicted octanol–water partition coefficient (Wildman–Crippen LogP) is 4.05. The van der Waals surface area contributed by atoms with E-state index in [9.17, 15) is 0 Å². The Balaban J connectivity index is 2.13. The van der Waals surface area contributed by atoms with E-state index < -0.39 is 0 Å². The van der Waals surface area contributed by atoms with E-state index >= 15 is 0 Å². The van der Waals surface area contributed by atoms with Crippen LogP contribution in [0, 0.1) is 0 Å². The first-order chi connectivity index (χ1) is 10.1. The minimum atomic E-state index is 0.509. The lowest BCUT2D eigenvalue weighted by Crippen LogP contribution is -1.98. The molecule has 0 radical (unpaired) electrons. The highest BCUT2D eigenvalue weighted by Crippen LogP contribution is 2.36. The van der Waals surface area contributed by atoms with Crippen molar-refractivity contribution in [3.63, 3.8) is 0 Å². The van der Waals surface area contributed by atoms with E-state index in [-0.39, 0.29) is 0 Å². The molecule has 0 aliphatic rings. The monoisotopic (exact) mass is 281 g/mol. The van der Waals surface area contributed by atoms with Crippen molar-refractivity contribution in [3.8, 4) is 22.6 Å². The number of aromatic nitrogens is 2. The third-order valence-corrected chi connectivity index (χ3v) is 3.71. The maximum absolute atomic E-state index is 6.20. The first kappa shape index (κ1) is 13.5. The fourth-order valence-corrected chi connectivity index (χ4v) is 2.44. The molecule has 0 unspecified atom stereocenters. The number of rotatable bonds is 3. The van der Waals surface area contributed by atoms with Gasteiger partial charge in [-0.05, 0) is 29.2 Å². The molecule has 0 saturated heterocycles.